The monoisotopic (exact) mass is 303 g/mol. The van der Waals surface area contributed by atoms with Crippen molar-refractivity contribution in [1.29, 1.82) is 5.26 Å². The second-order valence-corrected chi connectivity index (χ2v) is 5.42. The molecule has 0 heterocycles. The van der Waals surface area contributed by atoms with Crippen LogP contribution in [0, 0.1) is 24.2 Å². The van der Waals surface area contributed by atoms with E-state index in [1.165, 1.54) is 0 Å². The highest BCUT2D eigenvalue weighted by atomic mass is 16.4. The number of benzene rings is 1. The zero-order valence-electron chi connectivity index (χ0n) is 13.8. The molecule has 22 heavy (non-hydrogen) atoms. The fraction of sp³-hybridized carbons (Fsp3) is 0.529. The Morgan fingerprint density at radius 3 is 2.41 bits per heavy atom. The van der Waals surface area contributed by atoms with Gasteiger partial charge in [-0.1, -0.05) is 6.92 Å². The molecule has 1 N–H and O–H groups in total. The maximum Gasteiger partial charge on any atom is 0.308 e. The Labute approximate surface area is 132 Å². The average Bonchev–Trinajstić information content (AvgIpc) is 2.48. The number of rotatable bonds is 8. The average molecular weight is 303 g/mol. The SMILES string of the molecule is CCN(CC)c1ccc(N(CC#N)CC(C)C(=O)O)c(C)c1. The van der Waals surface area contributed by atoms with E-state index in [0.717, 1.165) is 30.0 Å². The summed E-state index contributed by atoms with van der Waals surface area (Å²) in [5, 5.41) is 18.1. The van der Waals surface area contributed by atoms with Gasteiger partial charge < -0.3 is 14.9 Å². The van der Waals surface area contributed by atoms with Crippen LogP contribution in [0.5, 0.6) is 0 Å². The summed E-state index contributed by atoms with van der Waals surface area (Å²) in [4.78, 5) is 15.1. The van der Waals surface area contributed by atoms with Gasteiger partial charge in [-0.2, -0.15) is 5.26 Å². The zero-order chi connectivity index (χ0) is 16.7. The molecule has 120 valence electrons. The summed E-state index contributed by atoms with van der Waals surface area (Å²) in [6.07, 6.45) is 0. The minimum Gasteiger partial charge on any atom is -0.481 e. The van der Waals surface area contributed by atoms with Crippen molar-refractivity contribution in [3.63, 3.8) is 0 Å². The molecule has 1 atom stereocenters. The predicted molar refractivity (Wildman–Crippen MR) is 89.4 cm³/mol. The molecule has 0 saturated carbocycles. The van der Waals surface area contributed by atoms with E-state index in [9.17, 15) is 4.79 Å². The van der Waals surface area contributed by atoms with E-state index in [0.29, 0.717) is 6.54 Å². The molecule has 0 spiro atoms. The summed E-state index contributed by atoms with van der Waals surface area (Å²) < 4.78 is 0. The lowest BCUT2D eigenvalue weighted by atomic mass is 10.1. The Morgan fingerprint density at radius 1 is 1.32 bits per heavy atom. The minimum absolute atomic E-state index is 0.184. The summed E-state index contributed by atoms with van der Waals surface area (Å²) in [5.41, 5.74) is 3.12. The second-order valence-electron chi connectivity index (χ2n) is 5.42. The number of carbonyl (C=O) groups is 1. The summed E-state index contributed by atoms with van der Waals surface area (Å²) >= 11 is 0. The van der Waals surface area contributed by atoms with Crippen molar-refractivity contribution < 1.29 is 9.90 Å². The van der Waals surface area contributed by atoms with Crippen molar-refractivity contribution in [2.75, 3.05) is 36.0 Å². The fourth-order valence-corrected chi connectivity index (χ4v) is 2.52. The molecule has 0 fully saturated rings. The van der Waals surface area contributed by atoms with Gasteiger partial charge in [0.1, 0.15) is 6.54 Å². The number of aliphatic carboxylic acids is 1. The van der Waals surface area contributed by atoms with Crippen LogP contribution in [0.1, 0.15) is 26.3 Å². The van der Waals surface area contributed by atoms with Gasteiger partial charge in [0.15, 0.2) is 0 Å². The van der Waals surface area contributed by atoms with Gasteiger partial charge in [0, 0.05) is 31.0 Å². The smallest absolute Gasteiger partial charge is 0.308 e. The van der Waals surface area contributed by atoms with Crippen molar-refractivity contribution in [3.8, 4) is 6.07 Å². The highest BCUT2D eigenvalue weighted by Gasteiger charge is 2.18. The minimum atomic E-state index is -0.847. The first-order valence-electron chi connectivity index (χ1n) is 7.64. The van der Waals surface area contributed by atoms with Crippen LogP contribution < -0.4 is 9.80 Å². The van der Waals surface area contributed by atoms with E-state index in [-0.39, 0.29) is 6.54 Å². The van der Waals surface area contributed by atoms with E-state index >= 15 is 0 Å². The lowest BCUT2D eigenvalue weighted by molar-refractivity contribution is -0.140. The fourth-order valence-electron chi connectivity index (χ4n) is 2.52. The molecule has 0 bridgehead atoms. The molecule has 1 unspecified atom stereocenters. The third-order valence-corrected chi connectivity index (χ3v) is 3.83. The van der Waals surface area contributed by atoms with Crippen LogP contribution in [0.4, 0.5) is 11.4 Å². The van der Waals surface area contributed by atoms with Crippen LogP contribution in [0.15, 0.2) is 18.2 Å². The molecule has 1 aromatic rings. The number of anilines is 2. The number of hydrogen-bond acceptors (Lipinski definition) is 4. The number of nitriles is 1. The maximum absolute atomic E-state index is 11.1. The normalized spacial score (nSPS) is 11.6. The molecule has 0 radical (unpaired) electrons. The molecule has 0 aromatic heterocycles. The van der Waals surface area contributed by atoms with Gasteiger partial charge in [0.25, 0.3) is 0 Å². The first kappa shape index (κ1) is 17.8. The molecule has 0 aliphatic rings. The van der Waals surface area contributed by atoms with Gasteiger partial charge in [-0.25, -0.2) is 0 Å². The van der Waals surface area contributed by atoms with Crippen molar-refractivity contribution in [2.24, 2.45) is 5.92 Å². The number of nitrogens with zero attached hydrogens (tertiary/aromatic N) is 3. The largest absolute Gasteiger partial charge is 0.481 e. The molecular weight excluding hydrogens is 278 g/mol. The predicted octanol–water partition coefficient (Wildman–Crippen LogP) is 2.89. The van der Waals surface area contributed by atoms with Crippen molar-refractivity contribution in [3.05, 3.63) is 23.8 Å². The van der Waals surface area contributed by atoms with Gasteiger partial charge in [-0.3, -0.25) is 4.79 Å². The Kier molecular flexibility index (Phi) is 6.71. The number of aryl methyl sites for hydroxylation is 1. The summed E-state index contributed by atoms with van der Waals surface area (Å²) in [6.45, 7) is 10.3. The maximum atomic E-state index is 11.1. The molecular formula is C17H25N3O2. The van der Waals surface area contributed by atoms with Crippen LogP contribution in [-0.4, -0.2) is 37.3 Å². The Hall–Kier alpha value is -2.22. The van der Waals surface area contributed by atoms with Gasteiger partial charge in [0.2, 0.25) is 0 Å². The van der Waals surface area contributed by atoms with Gasteiger partial charge in [0.05, 0.1) is 12.0 Å². The third-order valence-electron chi connectivity index (χ3n) is 3.83. The van der Waals surface area contributed by atoms with Crippen molar-refractivity contribution in [1.82, 2.24) is 0 Å². The lowest BCUT2D eigenvalue weighted by Crippen LogP contribution is -2.32. The number of carboxylic acid groups (broad SMARTS) is 1. The highest BCUT2D eigenvalue weighted by molar-refractivity contribution is 5.71. The topological polar surface area (TPSA) is 67.6 Å². The lowest BCUT2D eigenvalue weighted by Gasteiger charge is -2.27. The van der Waals surface area contributed by atoms with Gasteiger partial charge in [-0.05, 0) is 44.5 Å². The molecule has 1 aromatic carbocycles. The Morgan fingerprint density at radius 2 is 1.95 bits per heavy atom. The zero-order valence-corrected chi connectivity index (χ0v) is 13.8. The number of carboxylic acids is 1. The quantitative estimate of drug-likeness (QED) is 0.748. The Bertz CT molecular complexity index is 547. The Balaban J connectivity index is 3.06. The number of hydrogen-bond donors (Lipinski definition) is 1. The van der Waals surface area contributed by atoms with Crippen LogP contribution >= 0.6 is 0 Å². The van der Waals surface area contributed by atoms with Crippen molar-refractivity contribution in [2.45, 2.75) is 27.7 Å². The van der Waals surface area contributed by atoms with Crippen LogP contribution in [0.3, 0.4) is 0 Å². The molecule has 0 aliphatic heterocycles. The van der Waals surface area contributed by atoms with Crippen LogP contribution in [0.2, 0.25) is 0 Å². The van der Waals surface area contributed by atoms with E-state index in [1.807, 2.05) is 24.0 Å². The van der Waals surface area contributed by atoms with Gasteiger partial charge >= 0.3 is 5.97 Å². The molecule has 5 heteroatoms. The summed E-state index contributed by atoms with van der Waals surface area (Å²) in [5.74, 6) is -1.37. The van der Waals surface area contributed by atoms with Gasteiger partial charge in [-0.15, -0.1) is 0 Å². The molecule has 0 aliphatic carbocycles. The second kappa shape index (κ2) is 8.28. The van der Waals surface area contributed by atoms with E-state index in [4.69, 9.17) is 10.4 Å². The first-order chi connectivity index (χ1) is 10.4. The van der Waals surface area contributed by atoms with Crippen LogP contribution in [-0.2, 0) is 4.79 Å². The molecule has 1 rings (SSSR count). The summed E-state index contributed by atoms with van der Waals surface area (Å²) in [6, 6.07) is 8.23. The molecule has 0 amide bonds. The third kappa shape index (κ3) is 4.39. The highest BCUT2D eigenvalue weighted by Crippen LogP contribution is 2.26. The van der Waals surface area contributed by atoms with E-state index in [2.05, 4.69) is 30.9 Å². The molecule has 5 nitrogen and oxygen atoms in total. The van der Waals surface area contributed by atoms with E-state index < -0.39 is 11.9 Å². The molecule has 0 saturated heterocycles. The van der Waals surface area contributed by atoms with E-state index in [1.54, 1.807) is 6.92 Å². The summed E-state index contributed by atoms with van der Waals surface area (Å²) in [7, 11) is 0. The standard InChI is InChI=1S/C17H25N3O2/c1-5-19(6-2)15-7-8-16(13(3)11-15)20(10-9-18)12-14(4)17(21)22/h7-8,11,14H,5-6,10,12H2,1-4H3,(H,21,22). The van der Waals surface area contributed by atoms with Crippen molar-refractivity contribution >= 4 is 17.3 Å². The first-order valence-corrected chi connectivity index (χ1v) is 7.64. The van der Waals surface area contributed by atoms with Crippen LogP contribution in [0.25, 0.3) is 0 Å².